The molecule has 1 aromatic carbocycles. The molecule has 1 unspecified atom stereocenters. The molecule has 0 aliphatic carbocycles. The van der Waals surface area contributed by atoms with Gasteiger partial charge in [-0.1, -0.05) is 0 Å². The Kier molecular flexibility index (Phi) is 3.30. The van der Waals surface area contributed by atoms with Crippen LogP contribution in [0.3, 0.4) is 0 Å². The van der Waals surface area contributed by atoms with Gasteiger partial charge in [0.15, 0.2) is 9.84 Å². The average Bonchev–Trinajstić information content (AvgIpc) is 2.89. The number of hydrogen-bond donors (Lipinski definition) is 2. The molecular weight excluding hydrogens is 314 g/mol. The number of nitrogens with one attached hydrogen (secondary N) is 2. The van der Waals surface area contributed by atoms with Gasteiger partial charge in [0.05, 0.1) is 27.4 Å². The molecule has 1 fully saturated rings. The second-order valence-corrected chi connectivity index (χ2v) is 9.17. The normalized spacial score (nSPS) is 21.9. The molecule has 0 spiro atoms. The van der Waals surface area contributed by atoms with Crippen LogP contribution in [0.2, 0.25) is 0 Å². The summed E-state index contributed by atoms with van der Waals surface area (Å²) in [6.45, 7) is 1.79. The van der Waals surface area contributed by atoms with Crippen LogP contribution in [0.4, 0.5) is 0 Å². The van der Waals surface area contributed by atoms with Crippen molar-refractivity contribution in [3.63, 3.8) is 0 Å². The summed E-state index contributed by atoms with van der Waals surface area (Å²) in [5.41, 5.74) is 1.32. The van der Waals surface area contributed by atoms with Crippen molar-refractivity contribution in [2.45, 2.75) is 24.3 Å². The number of rotatable bonds is 3. The monoisotopic (exact) mass is 329 g/mol. The molecule has 114 valence electrons. The molecule has 21 heavy (non-hydrogen) atoms. The highest BCUT2D eigenvalue weighted by atomic mass is 32.2. The van der Waals surface area contributed by atoms with Crippen molar-refractivity contribution in [3.8, 4) is 0 Å². The molecule has 1 aromatic heterocycles. The van der Waals surface area contributed by atoms with Crippen LogP contribution in [0, 0.1) is 6.92 Å². The number of sulfonamides is 1. The Morgan fingerprint density at radius 2 is 2.14 bits per heavy atom. The Labute approximate surface area is 122 Å². The van der Waals surface area contributed by atoms with E-state index in [1.165, 1.54) is 12.1 Å². The molecule has 1 saturated heterocycles. The first-order valence-corrected chi connectivity index (χ1v) is 9.75. The number of aromatic amines is 1. The molecule has 3 rings (SSSR count). The number of imidazole rings is 1. The zero-order valence-electron chi connectivity index (χ0n) is 11.3. The van der Waals surface area contributed by atoms with Gasteiger partial charge in [-0.2, -0.15) is 0 Å². The van der Waals surface area contributed by atoms with Gasteiger partial charge in [0.2, 0.25) is 10.0 Å². The number of aromatic nitrogens is 2. The summed E-state index contributed by atoms with van der Waals surface area (Å²) >= 11 is 0. The zero-order valence-corrected chi connectivity index (χ0v) is 13.0. The van der Waals surface area contributed by atoms with Crippen LogP contribution in [-0.4, -0.2) is 44.4 Å². The Hall–Kier alpha value is -1.45. The standard InChI is InChI=1S/C12H15N3O4S2/c1-8-13-11-3-2-10(6-12(11)14-8)21(18,19)15-9-4-5-20(16,17)7-9/h2-3,6,9,15H,4-5,7H2,1H3,(H,13,14). The van der Waals surface area contributed by atoms with Crippen molar-refractivity contribution >= 4 is 30.9 Å². The summed E-state index contributed by atoms with van der Waals surface area (Å²) in [6, 6.07) is 4.04. The summed E-state index contributed by atoms with van der Waals surface area (Å²) in [4.78, 5) is 7.29. The smallest absolute Gasteiger partial charge is 0.240 e. The van der Waals surface area contributed by atoms with E-state index in [4.69, 9.17) is 0 Å². The molecule has 0 saturated carbocycles. The molecule has 2 heterocycles. The van der Waals surface area contributed by atoms with E-state index in [9.17, 15) is 16.8 Å². The predicted octanol–water partition coefficient (Wildman–Crippen LogP) is 0.337. The van der Waals surface area contributed by atoms with Crippen molar-refractivity contribution < 1.29 is 16.8 Å². The van der Waals surface area contributed by atoms with Crippen molar-refractivity contribution in [3.05, 3.63) is 24.0 Å². The fourth-order valence-electron chi connectivity index (χ4n) is 2.46. The SMILES string of the molecule is Cc1nc2ccc(S(=O)(=O)NC3CCS(=O)(=O)C3)cc2[nH]1. The van der Waals surface area contributed by atoms with E-state index in [1.54, 1.807) is 13.0 Å². The lowest BCUT2D eigenvalue weighted by Gasteiger charge is -2.11. The van der Waals surface area contributed by atoms with Gasteiger partial charge >= 0.3 is 0 Å². The van der Waals surface area contributed by atoms with Gasteiger partial charge in [-0.25, -0.2) is 26.5 Å². The van der Waals surface area contributed by atoms with Crippen LogP contribution in [0.15, 0.2) is 23.1 Å². The first-order valence-electron chi connectivity index (χ1n) is 6.44. The average molecular weight is 329 g/mol. The third kappa shape index (κ3) is 2.94. The maximum absolute atomic E-state index is 12.3. The minimum Gasteiger partial charge on any atom is -0.342 e. The Morgan fingerprint density at radius 1 is 1.38 bits per heavy atom. The second kappa shape index (κ2) is 4.79. The molecule has 1 aliphatic rings. The van der Waals surface area contributed by atoms with E-state index in [1.807, 2.05) is 0 Å². The Morgan fingerprint density at radius 3 is 2.81 bits per heavy atom. The van der Waals surface area contributed by atoms with Gasteiger partial charge in [0, 0.05) is 6.04 Å². The van der Waals surface area contributed by atoms with Gasteiger partial charge in [-0.05, 0) is 31.5 Å². The molecular formula is C12H15N3O4S2. The summed E-state index contributed by atoms with van der Waals surface area (Å²) in [7, 11) is -6.86. The van der Waals surface area contributed by atoms with Crippen LogP contribution in [0.5, 0.6) is 0 Å². The molecule has 9 heteroatoms. The van der Waals surface area contributed by atoms with Gasteiger partial charge < -0.3 is 4.98 Å². The van der Waals surface area contributed by atoms with E-state index in [0.29, 0.717) is 23.3 Å². The van der Waals surface area contributed by atoms with Gasteiger partial charge in [-0.3, -0.25) is 0 Å². The van der Waals surface area contributed by atoms with Crippen molar-refractivity contribution in [1.29, 1.82) is 0 Å². The highest BCUT2D eigenvalue weighted by molar-refractivity contribution is 7.92. The first-order chi connectivity index (χ1) is 9.75. The molecule has 7 nitrogen and oxygen atoms in total. The summed E-state index contributed by atoms with van der Waals surface area (Å²) in [5, 5.41) is 0. The number of hydrogen-bond acceptors (Lipinski definition) is 5. The highest BCUT2D eigenvalue weighted by Crippen LogP contribution is 2.19. The number of fused-ring (bicyclic) bond motifs is 1. The van der Waals surface area contributed by atoms with Crippen molar-refractivity contribution in [2.75, 3.05) is 11.5 Å². The Bertz CT molecular complexity index is 900. The summed E-state index contributed by atoms with van der Waals surface area (Å²) in [6.07, 6.45) is 0.312. The molecule has 1 aliphatic heterocycles. The maximum Gasteiger partial charge on any atom is 0.240 e. The van der Waals surface area contributed by atoms with Crippen LogP contribution < -0.4 is 4.72 Å². The minimum absolute atomic E-state index is 0.0268. The topological polar surface area (TPSA) is 109 Å². The van der Waals surface area contributed by atoms with Crippen LogP contribution in [0.25, 0.3) is 11.0 Å². The van der Waals surface area contributed by atoms with Crippen molar-refractivity contribution in [2.24, 2.45) is 0 Å². The number of nitrogens with zero attached hydrogens (tertiary/aromatic N) is 1. The van der Waals surface area contributed by atoms with Gasteiger partial charge in [0.25, 0.3) is 0 Å². The minimum atomic E-state index is -3.74. The van der Waals surface area contributed by atoms with Crippen molar-refractivity contribution in [1.82, 2.24) is 14.7 Å². The molecule has 0 radical (unpaired) electrons. The van der Waals surface area contributed by atoms with Gasteiger partial charge in [0.1, 0.15) is 5.82 Å². The predicted molar refractivity (Wildman–Crippen MR) is 78.2 cm³/mol. The first kappa shape index (κ1) is 14.5. The van der Waals surface area contributed by atoms with E-state index >= 15 is 0 Å². The molecule has 0 bridgehead atoms. The van der Waals surface area contributed by atoms with E-state index in [-0.39, 0.29) is 16.4 Å². The van der Waals surface area contributed by atoms with Crippen LogP contribution >= 0.6 is 0 Å². The van der Waals surface area contributed by atoms with E-state index in [2.05, 4.69) is 14.7 Å². The zero-order chi connectivity index (χ0) is 15.3. The number of H-pyrrole nitrogens is 1. The third-order valence-electron chi connectivity index (χ3n) is 3.44. The summed E-state index contributed by atoms with van der Waals surface area (Å²) < 4.78 is 49.9. The lowest BCUT2D eigenvalue weighted by molar-refractivity contribution is 0.562. The fraction of sp³-hybridized carbons (Fsp3) is 0.417. The largest absolute Gasteiger partial charge is 0.342 e. The molecule has 2 aromatic rings. The third-order valence-corrected chi connectivity index (χ3v) is 6.72. The van der Waals surface area contributed by atoms with Gasteiger partial charge in [-0.15, -0.1) is 0 Å². The van der Waals surface area contributed by atoms with Crippen LogP contribution in [0.1, 0.15) is 12.2 Å². The molecule has 2 N–H and O–H groups in total. The Balaban J connectivity index is 1.89. The second-order valence-electron chi connectivity index (χ2n) is 5.22. The highest BCUT2D eigenvalue weighted by Gasteiger charge is 2.31. The number of benzene rings is 1. The summed E-state index contributed by atoms with van der Waals surface area (Å²) in [5.74, 6) is 0.589. The van der Waals surface area contributed by atoms with Crippen LogP contribution in [-0.2, 0) is 19.9 Å². The molecule has 0 amide bonds. The lowest BCUT2D eigenvalue weighted by Crippen LogP contribution is -2.35. The van der Waals surface area contributed by atoms with E-state index in [0.717, 1.165) is 0 Å². The van der Waals surface area contributed by atoms with E-state index < -0.39 is 25.9 Å². The molecule has 1 atom stereocenters. The quantitative estimate of drug-likeness (QED) is 0.844. The lowest BCUT2D eigenvalue weighted by atomic mass is 10.3. The fourth-order valence-corrected chi connectivity index (χ4v) is 5.53. The maximum atomic E-state index is 12.3. The number of aryl methyl sites for hydroxylation is 1. The number of sulfone groups is 1.